The van der Waals surface area contributed by atoms with Crippen LogP contribution in [0.1, 0.15) is 49.4 Å². The number of fused-ring (bicyclic) bond motifs is 1. The molecule has 4 N–H and O–H groups in total. The number of benzene rings is 2. The van der Waals surface area contributed by atoms with E-state index in [4.69, 9.17) is 0 Å². The van der Waals surface area contributed by atoms with E-state index in [9.17, 15) is 15.0 Å². The molecular formula is C27H39N2O3S-. The first-order valence-electron chi connectivity index (χ1n) is 11.8. The molecule has 4 rings (SSSR count). The molecular weight excluding hydrogens is 432 g/mol. The molecule has 2 aliphatic rings. The van der Waals surface area contributed by atoms with E-state index >= 15 is 0 Å². The molecule has 0 radical (unpaired) electrons. The highest BCUT2D eigenvalue weighted by Gasteiger charge is 2.35. The van der Waals surface area contributed by atoms with E-state index in [1.54, 1.807) is 23.9 Å². The highest BCUT2D eigenvalue weighted by atomic mass is 32.2. The molecule has 4 unspecified atom stereocenters. The summed E-state index contributed by atoms with van der Waals surface area (Å²) in [5, 5.41) is 22.8. The van der Waals surface area contributed by atoms with E-state index in [-0.39, 0.29) is 6.15 Å². The summed E-state index contributed by atoms with van der Waals surface area (Å²) in [6.45, 7) is 3.87. The quantitative estimate of drug-likeness (QED) is 0.458. The summed E-state index contributed by atoms with van der Waals surface area (Å²) in [7, 11) is 0. The smallest absolute Gasteiger partial charge is 0.150 e. The van der Waals surface area contributed by atoms with Gasteiger partial charge in [-0.15, -0.1) is 11.8 Å². The van der Waals surface area contributed by atoms with Gasteiger partial charge in [0.25, 0.3) is 0 Å². The van der Waals surface area contributed by atoms with Gasteiger partial charge in [0.2, 0.25) is 0 Å². The van der Waals surface area contributed by atoms with E-state index in [1.165, 1.54) is 32.1 Å². The maximum absolute atomic E-state index is 12.4. The minimum Gasteiger partial charge on any atom is -0.849 e. The van der Waals surface area contributed by atoms with Crippen molar-refractivity contribution in [2.45, 2.75) is 62.2 Å². The second-order valence-corrected chi connectivity index (χ2v) is 10.2. The van der Waals surface area contributed by atoms with Crippen molar-refractivity contribution in [3.8, 4) is 0 Å². The number of β-amino-alcohol motifs (C(OH)–C–C–N with tert-alkyl or cyclic N) is 1. The van der Waals surface area contributed by atoms with Gasteiger partial charge in [-0.2, -0.15) is 0 Å². The van der Waals surface area contributed by atoms with Crippen molar-refractivity contribution < 1.29 is 15.0 Å². The van der Waals surface area contributed by atoms with Crippen LogP contribution in [-0.2, 0) is 0 Å². The van der Waals surface area contributed by atoms with Crippen molar-refractivity contribution in [2.24, 2.45) is 11.8 Å². The van der Waals surface area contributed by atoms with Crippen molar-refractivity contribution >= 4 is 18.0 Å². The Morgan fingerprint density at radius 2 is 1.67 bits per heavy atom. The van der Waals surface area contributed by atoms with E-state index in [0.717, 1.165) is 35.1 Å². The molecule has 33 heavy (non-hydrogen) atoms. The van der Waals surface area contributed by atoms with Crippen LogP contribution in [-0.4, -0.2) is 53.4 Å². The monoisotopic (exact) mass is 471 g/mol. The molecule has 1 aliphatic heterocycles. The fourth-order valence-electron chi connectivity index (χ4n) is 4.85. The Bertz CT molecular complexity index is 792. The van der Waals surface area contributed by atoms with Gasteiger partial charge in [0, 0.05) is 29.6 Å². The van der Waals surface area contributed by atoms with Crippen LogP contribution in [0.4, 0.5) is 0 Å². The van der Waals surface area contributed by atoms with E-state index in [2.05, 4.69) is 11.8 Å². The summed E-state index contributed by atoms with van der Waals surface area (Å²) < 4.78 is 0. The lowest BCUT2D eigenvalue weighted by molar-refractivity contribution is -0.430. The average Bonchev–Trinajstić information content (AvgIpc) is 2.84. The molecule has 182 valence electrons. The Kier molecular flexibility index (Phi) is 12.1. The summed E-state index contributed by atoms with van der Waals surface area (Å²) in [4.78, 5) is 13.5. The molecule has 2 aromatic rings. The number of carbonyl (C=O) groups excluding carboxylic acids is 1. The van der Waals surface area contributed by atoms with Crippen molar-refractivity contribution in [3.63, 3.8) is 0 Å². The number of aliphatic hydroxyl groups excluding tert-OH is 1. The number of aliphatic hydroxyl groups is 1. The van der Waals surface area contributed by atoms with Crippen LogP contribution in [0.2, 0.25) is 0 Å². The summed E-state index contributed by atoms with van der Waals surface area (Å²) in [5.41, 5.74) is 0.729. The maximum atomic E-state index is 12.4. The Morgan fingerprint density at radius 3 is 2.27 bits per heavy atom. The van der Waals surface area contributed by atoms with Crippen LogP contribution in [0.25, 0.3) is 0 Å². The second-order valence-electron chi connectivity index (χ2n) is 9.10. The highest BCUT2D eigenvalue weighted by molar-refractivity contribution is 7.99. The van der Waals surface area contributed by atoms with Gasteiger partial charge in [-0.1, -0.05) is 73.9 Å². The molecule has 2 aromatic carbocycles. The van der Waals surface area contributed by atoms with Crippen LogP contribution in [0.15, 0.2) is 65.6 Å². The van der Waals surface area contributed by atoms with E-state index < -0.39 is 12.2 Å². The molecule has 0 spiro atoms. The van der Waals surface area contributed by atoms with E-state index in [1.807, 2.05) is 48.5 Å². The summed E-state index contributed by atoms with van der Waals surface area (Å²) in [6, 6.07) is 19.6. The van der Waals surface area contributed by atoms with Gasteiger partial charge in [-0.05, 0) is 49.5 Å². The summed E-state index contributed by atoms with van der Waals surface area (Å²) in [5.74, 6) is 2.09. The molecule has 1 aliphatic carbocycles. The number of aldehydes is 1. The molecule has 1 heterocycles. The Hall–Kier alpha value is -1.70. The number of hydrogen-bond donors (Lipinski definition) is 2. The van der Waals surface area contributed by atoms with Gasteiger partial charge in [-0.25, -0.2) is 0 Å². The lowest BCUT2D eigenvalue weighted by Crippen LogP contribution is -2.53. The summed E-state index contributed by atoms with van der Waals surface area (Å²) in [6.07, 6.45) is 5.81. The molecule has 1 saturated carbocycles. The average molecular weight is 472 g/mol. The predicted octanol–water partition coefficient (Wildman–Crippen LogP) is 4.43. The molecule has 0 bridgehead atoms. The molecule has 0 amide bonds. The van der Waals surface area contributed by atoms with Crippen molar-refractivity contribution in [2.75, 3.05) is 18.8 Å². The minimum atomic E-state index is -0.925. The topological polar surface area (TPSA) is 98.6 Å². The van der Waals surface area contributed by atoms with Crippen LogP contribution < -0.4 is 11.3 Å². The van der Waals surface area contributed by atoms with Crippen LogP contribution in [0, 0.1) is 11.8 Å². The minimum absolute atomic E-state index is 0. The predicted molar refractivity (Wildman–Crippen MR) is 135 cm³/mol. The second kappa shape index (κ2) is 14.5. The molecule has 6 heteroatoms. The number of likely N-dealkylation sites (tertiary alicyclic amines) is 1. The van der Waals surface area contributed by atoms with Crippen molar-refractivity contribution in [1.82, 2.24) is 11.1 Å². The largest absolute Gasteiger partial charge is 0.849 e. The zero-order chi connectivity index (χ0) is 22.8. The summed E-state index contributed by atoms with van der Waals surface area (Å²) >= 11 is 1.55. The van der Waals surface area contributed by atoms with Crippen LogP contribution in [0.5, 0.6) is 0 Å². The lowest BCUT2D eigenvalue weighted by atomic mass is 9.73. The van der Waals surface area contributed by atoms with Gasteiger partial charge in [0.15, 0.2) is 0 Å². The number of rotatable bonds is 7. The number of thioether (sulfide) groups is 1. The molecule has 5 nitrogen and oxygen atoms in total. The fraction of sp³-hybridized carbons (Fsp3) is 0.519. The zero-order valence-electron chi connectivity index (χ0n) is 19.7. The number of carbonyl (C=O) groups is 1. The lowest BCUT2D eigenvalue weighted by Gasteiger charge is -2.46. The van der Waals surface area contributed by atoms with Crippen molar-refractivity contribution in [3.05, 3.63) is 66.2 Å². The Morgan fingerprint density at radius 1 is 1.06 bits per heavy atom. The van der Waals surface area contributed by atoms with Crippen LogP contribution >= 0.6 is 11.8 Å². The fourth-order valence-corrected chi connectivity index (χ4v) is 5.78. The first-order chi connectivity index (χ1) is 15.6. The third kappa shape index (κ3) is 8.87. The SMILES string of the molecule is C[C@@H]1CC2CCCCC2CN1CC(O)C([O-])CSc1ccccc1.N.O=Cc1ccccc1. The van der Waals surface area contributed by atoms with Gasteiger partial charge in [0.1, 0.15) is 6.29 Å². The third-order valence-corrected chi connectivity index (χ3v) is 7.85. The standard InChI is InChI=1S/C20H30NO2S.C7H6O.H3N/c1-15-11-16-7-5-6-8-17(16)12-21(15)13-19(22)20(23)14-24-18-9-3-2-4-10-18;8-6-7-4-2-1-3-5-7;/h2-4,9-10,15-17,19-20,22H,5-8,11-14H2,1H3;1-6H;1H3/q-1;;/t15-,16?,17?,19?,20?;;/m1../s1. The van der Waals surface area contributed by atoms with E-state index in [0.29, 0.717) is 18.3 Å². The van der Waals surface area contributed by atoms with Crippen molar-refractivity contribution in [1.29, 1.82) is 0 Å². The Labute approximate surface area is 203 Å². The van der Waals surface area contributed by atoms with Gasteiger partial charge in [0.05, 0.1) is 6.10 Å². The normalized spacial score (nSPS) is 24.3. The zero-order valence-corrected chi connectivity index (χ0v) is 20.5. The Balaban J connectivity index is 0.000000364. The maximum Gasteiger partial charge on any atom is 0.150 e. The first kappa shape index (κ1) is 27.5. The molecule has 1 saturated heterocycles. The number of piperidine rings is 1. The van der Waals surface area contributed by atoms with Gasteiger partial charge >= 0.3 is 0 Å². The first-order valence-corrected chi connectivity index (χ1v) is 12.8. The van der Waals surface area contributed by atoms with Crippen LogP contribution in [0.3, 0.4) is 0 Å². The molecule has 5 atom stereocenters. The van der Waals surface area contributed by atoms with Gasteiger partial charge in [-0.3, -0.25) is 9.69 Å². The molecule has 0 aromatic heterocycles. The highest BCUT2D eigenvalue weighted by Crippen LogP contribution is 2.38. The number of nitrogens with zero attached hydrogens (tertiary/aromatic N) is 1. The molecule has 2 fully saturated rings. The number of hydrogen-bond acceptors (Lipinski definition) is 6. The van der Waals surface area contributed by atoms with Gasteiger partial charge < -0.3 is 16.4 Å². The third-order valence-electron chi connectivity index (χ3n) is 6.75.